The van der Waals surface area contributed by atoms with Gasteiger partial charge < -0.3 is 29.5 Å². The summed E-state index contributed by atoms with van der Waals surface area (Å²) in [7, 11) is 0. The van der Waals surface area contributed by atoms with Gasteiger partial charge in [-0.25, -0.2) is 9.97 Å². The number of carbonyl (C=O) groups is 2. The Morgan fingerprint density at radius 2 is 1.86 bits per heavy atom. The zero-order chi connectivity index (χ0) is 33.8. The smallest absolute Gasteiger partial charge is 0.276 e. The Morgan fingerprint density at radius 1 is 1.08 bits per heavy atom. The summed E-state index contributed by atoms with van der Waals surface area (Å²) in [5.41, 5.74) is 3.28. The lowest BCUT2D eigenvalue weighted by Gasteiger charge is -2.71. The van der Waals surface area contributed by atoms with Crippen LogP contribution in [-0.2, 0) is 22.5 Å². The number of nitrogens with zero attached hydrogens (tertiary/aromatic N) is 8. The molecule has 0 radical (unpaired) electrons. The quantitative estimate of drug-likeness (QED) is 0.365. The molecule has 2 bridgehead atoms. The van der Waals surface area contributed by atoms with E-state index in [1.54, 1.807) is 16.6 Å². The Balaban J connectivity index is 1.07. The minimum Gasteiger partial charge on any atom is -0.504 e. The van der Waals surface area contributed by atoms with Crippen molar-refractivity contribution in [2.75, 3.05) is 24.6 Å². The van der Waals surface area contributed by atoms with Gasteiger partial charge in [0.15, 0.2) is 22.6 Å². The van der Waals surface area contributed by atoms with Crippen molar-refractivity contribution in [3.05, 3.63) is 39.7 Å². The third kappa shape index (κ3) is 4.65. The summed E-state index contributed by atoms with van der Waals surface area (Å²) in [5, 5.41) is 23.6. The highest BCUT2D eigenvalue weighted by Crippen LogP contribution is 2.75. The second kappa shape index (κ2) is 10.8. The molecule has 0 spiro atoms. The SMILES string of the molecule is CCc1c(N2CCN(C(=O)c3ncnc(C)c3O)[C@H]3CC[C@@H]32)c(=O)c2nn(C3=CC(C)OCC3)nc2n1CC(=O)NC12CC(C3CC3)(C1)C2. The number of rotatable bonds is 8. The van der Waals surface area contributed by atoms with Crippen LogP contribution in [0.5, 0.6) is 5.75 Å². The zero-order valence-electron chi connectivity index (χ0n) is 28.3. The van der Waals surface area contributed by atoms with Crippen molar-refractivity contribution in [3.63, 3.8) is 0 Å². The number of anilines is 1. The second-order valence-electron chi connectivity index (χ2n) is 15.3. The molecule has 1 unspecified atom stereocenters. The van der Waals surface area contributed by atoms with E-state index in [1.807, 2.05) is 24.5 Å². The van der Waals surface area contributed by atoms with Gasteiger partial charge in [-0.3, -0.25) is 14.4 Å². The van der Waals surface area contributed by atoms with Crippen LogP contribution in [0, 0.1) is 18.3 Å². The van der Waals surface area contributed by atoms with Crippen LogP contribution in [0.25, 0.3) is 16.9 Å². The van der Waals surface area contributed by atoms with E-state index in [9.17, 15) is 19.5 Å². The van der Waals surface area contributed by atoms with Gasteiger partial charge in [-0.05, 0) is 82.6 Å². The van der Waals surface area contributed by atoms with Gasteiger partial charge in [0.1, 0.15) is 18.6 Å². The maximum Gasteiger partial charge on any atom is 0.276 e. The molecule has 14 nitrogen and oxygen atoms in total. The van der Waals surface area contributed by atoms with Gasteiger partial charge in [0.05, 0.1) is 30.1 Å². The van der Waals surface area contributed by atoms with Crippen molar-refractivity contribution < 1.29 is 19.4 Å². The number of ether oxygens (including phenoxy) is 1. The lowest BCUT2D eigenvalue weighted by Crippen LogP contribution is -2.75. The summed E-state index contributed by atoms with van der Waals surface area (Å²) in [6.07, 6.45) is 11.7. The van der Waals surface area contributed by atoms with Gasteiger partial charge in [0.25, 0.3) is 5.91 Å². The molecule has 14 heteroatoms. The van der Waals surface area contributed by atoms with Crippen molar-refractivity contribution in [1.29, 1.82) is 0 Å². The summed E-state index contributed by atoms with van der Waals surface area (Å²) in [6.45, 7) is 6.95. The van der Waals surface area contributed by atoms with E-state index in [1.165, 1.54) is 19.2 Å². The Hall–Kier alpha value is -4.33. The van der Waals surface area contributed by atoms with Crippen molar-refractivity contribution in [3.8, 4) is 5.75 Å². The summed E-state index contributed by atoms with van der Waals surface area (Å²) in [5.74, 6) is 0.235. The van der Waals surface area contributed by atoms with Gasteiger partial charge in [-0.15, -0.1) is 10.2 Å². The Labute approximate surface area is 283 Å². The molecule has 5 saturated carbocycles. The lowest BCUT2D eigenvalue weighted by molar-refractivity contribution is -0.176. The topological polar surface area (TPSA) is 161 Å². The van der Waals surface area contributed by atoms with E-state index in [4.69, 9.17) is 14.9 Å². The van der Waals surface area contributed by atoms with Gasteiger partial charge in [0, 0.05) is 36.8 Å². The number of aromatic hydroxyl groups is 1. The number of hydrogen-bond donors (Lipinski definition) is 2. The number of fused-ring (bicyclic) bond motifs is 2. The Kier molecular flexibility index (Phi) is 6.79. The molecule has 6 fully saturated rings. The third-order valence-corrected chi connectivity index (χ3v) is 12.2. The van der Waals surface area contributed by atoms with Crippen LogP contribution in [0.4, 0.5) is 5.69 Å². The molecule has 258 valence electrons. The standard InChI is InChI=1S/C35H43N9O5/c1-4-23-29(41-10-11-42(25-8-7-24(25)41)33(48)28-30(46)20(3)36-18-37-28)31(47)27-32(40-44(39-27)22-9-12-49-19(2)13-22)43(23)14-26(45)38-35-15-34(16-35,17-35)21-5-6-21/h13,18-19,21,24-25,46H,4-12,14-17H2,1-3H3,(H,38,45)/t19?,24-,25-,34?,35?/m0/s1. The lowest BCUT2D eigenvalue weighted by atomic mass is 9.37. The number of carbonyl (C=O) groups excluding carboxylic acids is 2. The number of pyridine rings is 1. The van der Waals surface area contributed by atoms with Crippen LogP contribution >= 0.6 is 0 Å². The van der Waals surface area contributed by atoms with Crippen molar-refractivity contribution >= 4 is 34.4 Å². The van der Waals surface area contributed by atoms with Crippen LogP contribution < -0.4 is 15.6 Å². The molecular formula is C35H43N9O5. The Bertz CT molecular complexity index is 1980. The summed E-state index contributed by atoms with van der Waals surface area (Å²) >= 11 is 0. The normalized spacial score (nSPS) is 30.2. The molecule has 1 saturated heterocycles. The highest BCUT2D eigenvalue weighted by Gasteiger charge is 2.72. The number of aromatic nitrogens is 6. The van der Waals surface area contributed by atoms with Crippen molar-refractivity contribution in [1.82, 2.24) is 39.7 Å². The van der Waals surface area contributed by atoms with Crippen LogP contribution in [0.15, 0.2) is 17.2 Å². The molecule has 3 aromatic rings. The average molecular weight is 670 g/mol. The van der Waals surface area contributed by atoms with E-state index < -0.39 is 0 Å². The van der Waals surface area contributed by atoms with Gasteiger partial charge in [-0.1, -0.05) is 6.92 Å². The fourth-order valence-electron chi connectivity index (χ4n) is 9.63. The number of aryl methyl sites for hydroxylation is 1. The third-order valence-electron chi connectivity index (χ3n) is 12.2. The molecule has 3 aromatic heterocycles. The largest absolute Gasteiger partial charge is 0.504 e. The van der Waals surface area contributed by atoms with Crippen LogP contribution in [0.2, 0.25) is 0 Å². The molecule has 10 rings (SSSR count). The van der Waals surface area contributed by atoms with Gasteiger partial charge in [0.2, 0.25) is 11.3 Å². The fourth-order valence-corrected chi connectivity index (χ4v) is 9.63. The van der Waals surface area contributed by atoms with Gasteiger partial charge >= 0.3 is 0 Å². The molecule has 5 aliphatic carbocycles. The zero-order valence-corrected chi connectivity index (χ0v) is 28.3. The maximum atomic E-state index is 14.6. The van der Waals surface area contributed by atoms with E-state index in [2.05, 4.69) is 20.2 Å². The number of nitrogens with one attached hydrogen (secondary N) is 1. The summed E-state index contributed by atoms with van der Waals surface area (Å²) in [6, 6.07) is -0.255. The minimum absolute atomic E-state index is 0.00393. The van der Waals surface area contributed by atoms with Gasteiger partial charge in [-0.2, -0.15) is 4.80 Å². The van der Waals surface area contributed by atoms with E-state index in [-0.39, 0.29) is 64.5 Å². The molecule has 49 heavy (non-hydrogen) atoms. The molecular weight excluding hydrogens is 626 g/mol. The van der Waals surface area contributed by atoms with E-state index >= 15 is 0 Å². The predicted octanol–water partition coefficient (Wildman–Crippen LogP) is 2.55. The number of hydrogen-bond acceptors (Lipinski definition) is 10. The highest BCUT2D eigenvalue weighted by molar-refractivity contribution is 5.95. The minimum atomic E-state index is -0.337. The number of piperazine rings is 1. The molecule has 3 atom stereocenters. The van der Waals surface area contributed by atoms with Crippen molar-refractivity contribution in [2.45, 2.75) is 109 Å². The molecule has 0 aromatic carbocycles. The molecule has 2 amide bonds. The second-order valence-corrected chi connectivity index (χ2v) is 15.3. The average Bonchev–Trinajstić information content (AvgIpc) is 3.77. The number of amides is 2. The summed E-state index contributed by atoms with van der Waals surface area (Å²) < 4.78 is 7.61. The Morgan fingerprint density at radius 3 is 2.55 bits per heavy atom. The first-order valence-electron chi connectivity index (χ1n) is 17.8. The predicted molar refractivity (Wildman–Crippen MR) is 179 cm³/mol. The first-order valence-corrected chi connectivity index (χ1v) is 17.8. The maximum absolute atomic E-state index is 14.6. The fraction of sp³-hybridized carbons (Fsp3) is 0.629. The van der Waals surface area contributed by atoms with E-state index in [0.29, 0.717) is 55.0 Å². The summed E-state index contributed by atoms with van der Waals surface area (Å²) in [4.78, 5) is 55.6. The molecule has 5 heterocycles. The van der Waals surface area contributed by atoms with Crippen LogP contribution in [0.3, 0.4) is 0 Å². The van der Waals surface area contributed by atoms with Crippen LogP contribution in [0.1, 0.15) is 87.1 Å². The first kappa shape index (κ1) is 30.7. The first-order chi connectivity index (χ1) is 23.6. The van der Waals surface area contributed by atoms with Crippen LogP contribution in [-0.4, -0.2) is 94.8 Å². The molecule has 2 N–H and O–H groups in total. The van der Waals surface area contributed by atoms with Crippen molar-refractivity contribution in [2.24, 2.45) is 11.3 Å². The monoisotopic (exact) mass is 669 g/mol. The molecule has 2 aliphatic heterocycles. The molecule has 7 aliphatic rings. The van der Waals surface area contributed by atoms with E-state index in [0.717, 1.165) is 49.4 Å². The highest BCUT2D eigenvalue weighted by atomic mass is 16.5.